The maximum Gasteiger partial charge on any atom is 0.310 e. The molecule has 0 aliphatic rings. The Labute approximate surface area is 92.3 Å². The van der Waals surface area contributed by atoms with Crippen LogP contribution in [0.25, 0.3) is 0 Å². The van der Waals surface area contributed by atoms with Gasteiger partial charge in [-0.3, -0.25) is 14.9 Å². The lowest BCUT2D eigenvalue weighted by atomic mass is 10.1. The van der Waals surface area contributed by atoms with E-state index in [-0.39, 0.29) is 18.0 Å². The Morgan fingerprint density at radius 2 is 2.12 bits per heavy atom. The molecule has 1 aromatic carbocycles. The van der Waals surface area contributed by atoms with Crippen molar-refractivity contribution in [2.24, 2.45) is 0 Å². The summed E-state index contributed by atoms with van der Waals surface area (Å²) in [5.74, 6) is -0.553. The van der Waals surface area contributed by atoms with Gasteiger partial charge >= 0.3 is 5.69 Å². The number of amides is 1. The summed E-state index contributed by atoms with van der Waals surface area (Å²) in [5, 5.41) is 19.8. The summed E-state index contributed by atoms with van der Waals surface area (Å²) in [6, 6.07) is 3.88. The molecule has 1 rings (SSSR count). The van der Waals surface area contributed by atoms with Gasteiger partial charge in [0, 0.05) is 20.2 Å². The van der Waals surface area contributed by atoms with Crippen LogP contribution in [-0.2, 0) is 11.2 Å². The smallest absolute Gasteiger partial charge is 0.310 e. The predicted octanol–water partition coefficient (Wildman–Crippen LogP) is 0.931. The number of carbonyl (C=O) groups excluding carboxylic acids is 1. The highest BCUT2D eigenvalue weighted by atomic mass is 16.6. The van der Waals surface area contributed by atoms with E-state index < -0.39 is 10.7 Å². The second kappa shape index (κ2) is 4.61. The van der Waals surface area contributed by atoms with E-state index in [1.165, 1.54) is 23.1 Å². The number of phenols is 1. The second-order valence-electron chi connectivity index (χ2n) is 3.55. The summed E-state index contributed by atoms with van der Waals surface area (Å²) < 4.78 is 0. The molecule has 6 heteroatoms. The van der Waals surface area contributed by atoms with Crippen LogP contribution in [0.2, 0.25) is 0 Å². The lowest BCUT2D eigenvalue weighted by Crippen LogP contribution is -2.23. The van der Waals surface area contributed by atoms with E-state index in [1.807, 2.05) is 0 Å². The topological polar surface area (TPSA) is 83.7 Å². The van der Waals surface area contributed by atoms with Gasteiger partial charge in [0.15, 0.2) is 5.75 Å². The minimum atomic E-state index is -0.674. The largest absolute Gasteiger partial charge is 0.502 e. The zero-order valence-electron chi connectivity index (χ0n) is 9.01. The van der Waals surface area contributed by atoms with Gasteiger partial charge in [-0.05, 0) is 11.6 Å². The number of nitro benzene ring substituents is 1. The summed E-state index contributed by atoms with van der Waals surface area (Å²) in [7, 11) is 3.24. The molecule has 1 amide bonds. The zero-order valence-corrected chi connectivity index (χ0v) is 9.01. The summed E-state index contributed by atoms with van der Waals surface area (Å²) in [6.45, 7) is 0. The molecule has 0 saturated heterocycles. The molecule has 0 unspecified atom stereocenters. The summed E-state index contributed by atoms with van der Waals surface area (Å²) in [6.07, 6.45) is 0.110. The van der Waals surface area contributed by atoms with E-state index in [0.29, 0.717) is 5.56 Å². The molecule has 1 aromatic rings. The number of hydrogen-bond donors (Lipinski definition) is 1. The molecule has 16 heavy (non-hydrogen) atoms. The van der Waals surface area contributed by atoms with Crippen molar-refractivity contribution in [3.8, 4) is 5.75 Å². The van der Waals surface area contributed by atoms with E-state index >= 15 is 0 Å². The van der Waals surface area contributed by atoms with Crippen LogP contribution in [0, 0.1) is 10.1 Å². The van der Waals surface area contributed by atoms with Crippen molar-refractivity contribution in [2.75, 3.05) is 14.1 Å². The lowest BCUT2D eigenvalue weighted by molar-refractivity contribution is -0.385. The fourth-order valence-electron chi connectivity index (χ4n) is 1.17. The van der Waals surface area contributed by atoms with Gasteiger partial charge in [-0.15, -0.1) is 0 Å². The number of aromatic hydroxyl groups is 1. The van der Waals surface area contributed by atoms with Gasteiger partial charge in [-0.2, -0.15) is 0 Å². The van der Waals surface area contributed by atoms with Gasteiger partial charge in [0.05, 0.1) is 11.3 Å². The molecule has 6 nitrogen and oxygen atoms in total. The molecule has 0 heterocycles. The molecule has 0 atom stereocenters. The number of benzene rings is 1. The fourth-order valence-corrected chi connectivity index (χ4v) is 1.17. The average molecular weight is 224 g/mol. The van der Waals surface area contributed by atoms with Crippen LogP contribution in [0.4, 0.5) is 5.69 Å². The highest BCUT2D eigenvalue weighted by Gasteiger charge is 2.14. The van der Waals surface area contributed by atoms with Crippen LogP contribution in [0.5, 0.6) is 5.75 Å². The van der Waals surface area contributed by atoms with Crippen LogP contribution in [0.3, 0.4) is 0 Å². The first-order valence-corrected chi connectivity index (χ1v) is 4.58. The van der Waals surface area contributed by atoms with Crippen molar-refractivity contribution in [2.45, 2.75) is 6.42 Å². The Morgan fingerprint density at radius 1 is 1.50 bits per heavy atom. The number of likely N-dealkylation sites (N-methyl/N-ethyl adjacent to an activating group) is 1. The second-order valence-corrected chi connectivity index (χ2v) is 3.55. The first-order valence-electron chi connectivity index (χ1n) is 4.58. The molecular formula is C10H12N2O4. The van der Waals surface area contributed by atoms with Crippen LogP contribution in [0.1, 0.15) is 5.56 Å². The van der Waals surface area contributed by atoms with Crippen LogP contribution >= 0.6 is 0 Å². The molecule has 0 fully saturated rings. The number of rotatable bonds is 3. The van der Waals surface area contributed by atoms with Crippen molar-refractivity contribution in [1.29, 1.82) is 0 Å². The van der Waals surface area contributed by atoms with Gasteiger partial charge in [0.1, 0.15) is 0 Å². The van der Waals surface area contributed by atoms with Gasteiger partial charge in [-0.1, -0.05) is 6.07 Å². The molecule has 86 valence electrons. The van der Waals surface area contributed by atoms with Crippen molar-refractivity contribution < 1.29 is 14.8 Å². The first kappa shape index (κ1) is 12.0. The Morgan fingerprint density at radius 3 is 2.56 bits per heavy atom. The third kappa shape index (κ3) is 2.69. The van der Waals surface area contributed by atoms with Gasteiger partial charge in [0.25, 0.3) is 0 Å². The highest BCUT2D eigenvalue weighted by Crippen LogP contribution is 2.26. The SMILES string of the molecule is CN(C)C(=O)Cc1ccc([N+](=O)[O-])c(O)c1. The number of phenolic OH excluding ortho intramolecular Hbond substituents is 1. The van der Waals surface area contributed by atoms with E-state index in [0.717, 1.165) is 0 Å². The van der Waals surface area contributed by atoms with Crippen LogP contribution in [0.15, 0.2) is 18.2 Å². The van der Waals surface area contributed by atoms with E-state index in [1.54, 1.807) is 14.1 Å². The molecule has 0 aliphatic carbocycles. The molecular weight excluding hydrogens is 212 g/mol. The van der Waals surface area contributed by atoms with Crippen LogP contribution in [-0.4, -0.2) is 34.9 Å². The molecule has 0 bridgehead atoms. The zero-order chi connectivity index (χ0) is 12.3. The minimum absolute atomic E-state index is 0.110. The lowest BCUT2D eigenvalue weighted by Gasteiger charge is -2.09. The van der Waals surface area contributed by atoms with Crippen molar-refractivity contribution >= 4 is 11.6 Å². The third-order valence-electron chi connectivity index (χ3n) is 2.09. The number of nitro groups is 1. The monoisotopic (exact) mass is 224 g/mol. The van der Waals surface area contributed by atoms with Gasteiger partial charge in [0.2, 0.25) is 5.91 Å². The summed E-state index contributed by atoms with van der Waals surface area (Å²) in [5.41, 5.74) is 0.183. The van der Waals surface area contributed by atoms with E-state index in [4.69, 9.17) is 0 Å². The Balaban J connectivity index is 2.90. The normalized spacial score (nSPS) is 9.88. The highest BCUT2D eigenvalue weighted by molar-refractivity contribution is 5.78. The Bertz CT molecular complexity index is 429. The fraction of sp³-hybridized carbons (Fsp3) is 0.300. The molecule has 0 radical (unpaired) electrons. The molecule has 0 aliphatic heterocycles. The standard InChI is InChI=1S/C10H12N2O4/c1-11(2)10(14)6-7-3-4-8(12(15)16)9(13)5-7/h3-5,13H,6H2,1-2H3. The maximum atomic E-state index is 11.4. The molecule has 1 N–H and O–H groups in total. The van der Waals surface area contributed by atoms with E-state index in [9.17, 15) is 20.0 Å². The van der Waals surface area contributed by atoms with Crippen molar-refractivity contribution in [1.82, 2.24) is 4.90 Å². The Kier molecular flexibility index (Phi) is 3.44. The van der Waals surface area contributed by atoms with Gasteiger partial charge in [-0.25, -0.2) is 0 Å². The van der Waals surface area contributed by atoms with Crippen molar-refractivity contribution in [3.63, 3.8) is 0 Å². The van der Waals surface area contributed by atoms with Crippen LogP contribution < -0.4 is 0 Å². The molecule has 0 aromatic heterocycles. The number of nitrogens with zero attached hydrogens (tertiary/aromatic N) is 2. The number of hydrogen-bond acceptors (Lipinski definition) is 4. The first-order chi connectivity index (χ1) is 7.41. The summed E-state index contributed by atoms with van der Waals surface area (Å²) >= 11 is 0. The van der Waals surface area contributed by atoms with Crippen molar-refractivity contribution in [3.05, 3.63) is 33.9 Å². The predicted molar refractivity (Wildman–Crippen MR) is 57.2 cm³/mol. The summed E-state index contributed by atoms with van der Waals surface area (Å²) in [4.78, 5) is 22.5. The quantitative estimate of drug-likeness (QED) is 0.611. The third-order valence-corrected chi connectivity index (χ3v) is 2.09. The minimum Gasteiger partial charge on any atom is -0.502 e. The van der Waals surface area contributed by atoms with E-state index in [2.05, 4.69) is 0 Å². The maximum absolute atomic E-state index is 11.4. The Hall–Kier alpha value is -2.11. The molecule has 0 spiro atoms. The molecule has 0 saturated carbocycles. The van der Waals surface area contributed by atoms with Gasteiger partial charge < -0.3 is 10.0 Å². The number of carbonyl (C=O) groups is 1. The average Bonchev–Trinajstić information content (AvgIpc) is 2.16.